The number of tetrazole rings is 1. The topological polar surface area (TPSA) is 86.7 Å². The van der Waals surface area contributed by atoms with Gasteiger partial charge in [0.15, 0.2) is 5.82 Å². The van der Waals surface area contributed by atoms with Crippen LogP contribution in [-0.4, -0.2) is 25.1 Å². The van der Waals surface area contributed by atoms with Gasteiger partial charge >= 0.3 is 5.69 Å². The van der Waals surface area contributed by atoms with Crippen molar-refractivity contribution in [1.29, 1.82) is 0 Å². The zero-order valence-corrected chi connectivity index (χ0v) is 11.1. The van der Waals surface area contributed by atoms with Crippen LogP contribution < -0.4 is 0 Å². The van der Waals surface area contributed by atoms with E-state index in [0.29, 0.717) is 17.4 Å². The molecule has 0 aliphatic heterocycles. The molecule has 2 saturated carbocycles. The van der Waals surface area contributed by atoms with Gasteiger partial charge in [-0.1, -0.05) is 0 Å². The van der Waals surface area contributed by atoms with Crippen molar-refractivity contribution in [1.82, 2.24) is 20.2 Å². The molecule has 0 unspecified atom stereocenters. The molecule has 2 aliphatic rings. The monoisotopic (exact) mass is 289 g/mol. The standard InChI is InChI=1S/C13H12FN5O2/c14-10-5-9(7-1-2-7)11(6-12(10)19(20)21)18-13(8-3-4-8)15-16-17-18/h5-8H,1-4H2. The number of benzene rings is 1. The largest absolute Gasteiger partial charge is 0.306 e. The number of nitrogens with zero attached hydrogens (tertiary/aromatic N) is 5. The van der Waals surface area contributed by atoms with Gasteiger partial charge in [-0.05, 0) is 53.7 Å². The van der Waals surface area contributed by atoms with Crippen LogP contribution in [0, 0.1) is 15.9 Å². The molecule has 7 nitrogen and oxygen atoms in total. The lowest BCUT2D eigenvalue weighted by atomic mass is 10.1. The van der Waals surface area contributed by atoms with E-state index in [1.165, 1.54) is 16.8 Å². The zero-order chi connectivity index (χ0) is 14.6. The molecular weight excluding hydrogens is 277 g/mol. The highest BCUT2D eigenvalue weighted by Gasteiger charge is 2.34. The Morgan fingerprint density at radius 1 is 1.24 bits per heavy atom. The predicted octanol–water partition coefficient (Wildman–Crippen LogP) is 2.46. The van der Waals surface area contributed by atoms with Crippen molar-refractivity contribution < 1.29 is 9.31 Å². The molecule has 1 aromatic heterocycles. The van der Waals surface area contributed by atoms with E-state index in [-0.39, 0.29) is 5.92 Å². The molecule has 0 radical (unpaired) electrons. The molecule has 0 amide bonds. The van der Waals surface area contributed by atoms with E-state index in [0.717, 1.165) is 31.2 Å². The van der Waals surface area contributed by atoms with Gasteiger partial charge in [0.25, 0.3) is 0 Å². The molecule has 0 bridgehead atoms. The first-order valence-electron chi connectivity index (χ1n) is 6.91. The van der Waals surface area contributed by atoms with E-state index in [1.54, 1.807) is 0 Å². The van der Waals surface area contributed by atoms with Gasteiger partial charge < -0.3 is 0 Å². The molecule has 2 fully saturated rings. The molecule has 8 heteroatoms. The summed E-state index contributed by atoms with van der Waals surface area (Å²) in [6.45, 7) is 0. The van der Waals surface area contributed by atoms with E-state index < -0.39 is 16.4 Å². The van der Waals surface area contributed by atoms with Crippen molar-refractivity contribution in [2.45, 2.75) is 37.5 Å². The summed E-state index contributed by atoms with van der Waals surface area (Å²) in [4.78, 5) is 10.3. The summed E-state index contributed by atoms with van der Waals surface area (Å²) in [5.41, 5.74) is 0.761. The molecular formula is C13H12FN5O2. The fourth-order valence-corrected chi connectivity index (χ4v) is 2.57. The highest BCUT2D eigenvalue weighted by molar-refractivity contribution is 5.53. The third-order valence-corrected chi connectivity index (χ3v) is 3.97. The number of hydrogen-bond acceptors (Lipinski definition) is 5. The Balaban J connectivity index is 1.90. The lowest BCUT2D eigenvalue weighted by Gasteiger charge is -2.10. The Kier molecular flexibility index (Phi) is 2.54. The van der Waals surface area contributed by atoms with Gasteiger partial charge in [-0.15, -0.1) is 5.10 Å². The van der Waals surface area contributed by atoms with Crippen LogP contribution in [0.25, 0.3) is 5.69 Å². The minimum absolute atomic E-state index is 0.242. The summed E-state index contributed by atoms with van der Waals surface area (Å²) in [5, 5.41) is 22.6. The van der Waals surface area contributed by atoms with Gasteiger partial charge in [0, 0.05) is 12.0 Å². The number of halogens is 1. The maximum Gasteiger partial charge on any atom is 0.306 e. The van der Waals surface area contributed by atoms with Gasteiger partial charge in [-0.2, -0.15) is 9.07 Å². The third kappa shape index (κ3) is 2.07. The number of nitro groups is 1. The number of aromatic nitrogens is 4. The van der Waals surface area contributed by atoms with Crippen LogP contribution in [0.15, 0.2) is 12.1 Å². The molecule has 0 spiro atoms. The van der Waals surface area contributed by atoms with Gasteiger partial charge in [0.2, 0.25) is 5.82 Å². The molecule has 0 atom stereocenters. The summed E-state index contributed by atoms with van der Waals surface area (Å²) in [6, 6.07) is 2.52. The summed E-state index contributed by atoms with van der Waals surface area (Å²) in [6.07, 6.45) is 3.96. The first-order valence-corrected chi connectivity index (χ1v) is 6.91. The first kappa shape index (κ1) is 12.4. The molecule has 21 heavy (non-hydrogen) atoms. The average Bonchev–Trinajstić information content (AvgIpc) is 3.37. The van der Waals surface area contributed by atoms with E-state index in [2.05, 4.69) is 15.5 Å². The number of rotatable bonds is 4. The van der Waals surface area contributed by atoms with Crippen molar-refractivity contribution in [3.05, 3.63) is 39.5 Å². The molecule has 1 aromatic carbocycles. The highest BCUT2D eigenvalue weighted by Crippen LogP contribution is 2.45. The lowest BCUT2D eigenvalue weighted by molar-refractivity contribution is -0.387. The first-order chi connectivity index (χ1) is 10.1. The minimum atomic E-state index is -0.799. The molecule has 1 heterocycles. The second kappa shape index (κ2) is 4.31. The summed E-state index contributed by atoms with van der Waals surface area (Å²) < 4.78 is 15.4. The quantitative estimate of drug-likeness (QED) is 0.637. The Morgan fingerprint density at radius 3 is 2.57 bits per heavy atom. The lowest BCUT2D eigenvalue weighted by Crippen LogP contribution is -2.07. The molecule has 2 aromatic rings. The van der Waals surface area contributed by atoms with Crippen molar-refractivity contribution in [2.75, 3.05) is 0 Å². The van der Waals surface area contributed by atoms with E-state index in [9.17, 15) is 14.5 Å². The Bertz CT molecular complexity index is 736. The van der Waals surface area contributed by atoms with Crippen LogP contribution in [0.1, 0.15) is 48.9 Å². The van der Waals surface area contributed by atoms with Crippen LogP contribution >= 0.6 is 0 Å². The Hall–Kier alpha value is -2.38. The number of nitro benzene ring substituents is 1. The minimum Gasteiger partial charge on any atom is -0.258 e. The van der Waals surface area contributed by atoms with Gasteiger partial charge in [-0.25, -0.2) is 0 Å². The van der Waals surface area contributed by atoms with E-state index in [4.69, 9.17) is 0 Å². The molecule has 4 rings (SSSR count). The second-order valence-electron chi connectivity index (χ2n) is 5.62. The van der Waals surface area contributed by atoms with Crippen molar-refractivity contribution in [2.24, 2.45) is 0 Å². The maximum atomic E-state index is 13.9. The third-order valence-electron chi connectivity index (χ3n) is 3.97. The van der Waals surface area contributed by atoms with E-state index in [1.807, 2.05) is 0 Å². The van der Waals surface area contributed by atoms with Crippen LogP contribution in [-0.2, 0) is 0 Å². The normalized spacial score (nSPS) is 18.0. The fourth-order valence-electron chi connectivity index (χ4n) is 2.57. The Morgan fingerprint density at radius 2 is 1.95 bits per heavy atom. The van der Waals surface area contributed by atoms with Crippen molar-refractivity contribution >= 4 is 5.69 Å². The summed E-state index contributed by atoms with van der Waals surface area (Å²) >= 11 is 0. The van der Waals surface area contributed by atoms with Crippen molar-refractivity contribution in [3.8, 4) is 5.69 Å². The second-order valence-corrected chi connectivity index (χ2v) is 5.62. The molecule has 0 N–H and O–H groups in total. The van der Waals surface area contributed by atoms with Crippen LogP contribution in [0.4, 0.5) is 10.1 Å². The molecule has 2 aliphatic carbocycles. The average molecular weight is 289 g/mol. The van der Waals surface area contributed by atoms with Crippen LogP contribution in [0.2, 0.25) is 0 Å². The smallest absolute Gasteiger partial charge is 0.258 e. The van der Waals surface area contributed by atoms with Gasteiger partial charge in [-0.3, -0.25) is 10.1 Å². The van der Waals surface area contributed by atoms with E-state index >= 15 is 0 Å². The summed E-state index contributed by atoms with van der Waals surface area (Å²) in [5.74, 6) is 0.451. The maximum absolute atomic E-state index is 13.9. The molecule has 0 saturated heterocycles. The fraction of sp³-hybridized carbons (Fsp3) is 0.462. The highest BCUT2D eigenvalue weighted by atomic mass is 19.1. The van der Waals surface area contributed by atoms with Gasteiger partial charge in [0.05, 0.1) is 10.6 Å². The zero-order valence-electron chi connectivity index (χ0n) is 11.1. The van der Waals surface area contributed by atoms with Crippen LogP contribution in [0.5, 0.6) is 0 Å². The molecule has 108 valence electrons. The summed E-state index contributed by atoms with van der Waals surface area (Å²) in [7, 11) is 0. The van der Waals surface area contributed by atoms with Gasteiger partial charge in [0.1, 0.15) is 0 Å². The predicted molar refractivity (Wildman–Crippen MR) is 69.7 cm³/mol. The number of hydrogen-bond donors (Lipinski definition) is 0. The Labute approximate surface area is 118 Å². The van der Waals surface area contributed by atoms with Crippen molar-refractivity contribution in [3.63, 3.8) is 0 Å². The van der Waals surface area contributed by atoms with Crippen LogP contribution in [0.3, 0.4) is 0 Å². The SMILES string of the molecule is O=[N+]([O-])c1cc(-n2nnnc2C2CC2)c(C2CC2)cc1F.